The number of ether oxygens (including phenoxy) is 1. The monoisotopic (exact) mass is 291 g/mol. The van der Waals surface area contributed by atoms with Gasteiger partial charge in [-0.15, -0.1) is 0 Å². The highest BCUT2D eigenvalue weighted by Crippen LogP contribution is 2.31. The van der Waals surface area contributed by atoms with Gasteiger partial charge in [0, 0.05) is 5.69 Å². The average Bonchev–Trinajstić information content (AvgIpc) is 2.36. The highest BCUT2D eigenvalue weighted by Gasteiger charge is 2.22. The number of carboxylic acid groups (broad SMARTS) is 1. The third kappa shape index (κ3) is 3.74. The average molecular weight is 291 g/mol. The van der Waals surface area contributed by atoms with E-state index in [1.54, 1.807) is 32.9 Å². The molecule has 0 saturated heterocycles. The largest absolute Gasteiger partial charge is 0.478 e. The summed E-state index contributed by atoms with van der Waals surface area (Å²) >= 11 is 0. The number of hydrogen-bond acceptors (Lipinski definition) is 3. The maximum absolute atomic E-state index is 11.9. The maximum atomic E-state index is 11.9. The van der Waals surface area contributed by atoms with Gasteiger partial charge in [0.05, 0.1) is 5.56 Å². The third-order valence-electron chi connectivity index (χ3n) is 3.40. The topological polar surface area (TPSA) is 75.6 Å². The molecule has 2 rings (SSSR count). The fraction of sp³-hybridized carbons (Fsp3) is 0.500. The molecule has 21 heavy (non-hydrogen) atoms. The molecule has 5 nitrogen and oxygen atoms in total. The van der Waals surface area contributed by atoms with Crippen molar-refractivity contribution in [2.24, 2.45) is 0 Å². The van der Waals surface area contributed by atoms with Gasteiger partial charge in [0.1, 0.15) is 5.60 Å². The lowest BCUT2D eigenvalue weighted by molar-refractivity contribution is 0.0634. The van der Waals surface area contributed by atoms with Crippen molar-refractivity contribution in [1.82, 2.24) is 0 Å². The Morgan fingerprint density at radius 3 is 2.33 bits per heavy atom. The molecule has 1 aromatic rings. The van der Waals surface area contributed by atoms with E-state index in [1.807, 2.05) is 0 Å². The van der Waals surface area contributed by atoms with E-state index in [0.717, 1.165) is 36.8 Å². The van der Waals surface area contributed by atoms with Crippen LogP contribution in [0.4, 0.5) is 10.5 Å². The summed E-state index contributed by atoms with van der Waals surface area (Å²) in [5.74, 6) is -0.919. The quantitative estimate of drug-likeness (QED) is 0.872. The van der Waals surface area contributed by atoms with Crippen LogP contribution in [0.2, 0.25) is 0 Å². The van der Waals surface area contributed by atoms with E-state index in [-0.39, 0.29) is 0 Å². The summed E-state index contributed by atoms with van der Waals surface area (Å²) in [5, 5.41) is 12.0. The zero-order valence-electron chi connectivity index (χ0n) is 12.7. The molecule has 0 spiro atoms. The second-order valence-corrected chi connectivity index (χ2v) is 6.26. The van der Waals surface area contributed by atoms with E-state index in [4.69, 9.17) is 4.74 Å². The molecule has 1 aromatic carbocycles. The summed E-state index contributed by atoms with van der Waals surface area (Å²) in [7, 11) is 0. The molecule has 2 N–H and O–H groups in total. The van der Waals surface area contributed by atoms with Crippen LogP contribution < -0.4 is 5.32 Å². The lowest BCUT2D eigenvalue weighted by atomic mass is 9.87. The van der Waals surface area contributed by atoms with Crippen LogP contribution in [0.5, 0.6) is 0 Å². The summed E-state index contributed by atoms with van der Waals surface area (Å²) in [6.07, 6.45) is 2.98. The van der Waals surface area contributed by atoms with Crippen LogP contribution in [0.15, 0.2) is 12.1 Å². The van der Waals surface area contributed by atoms with E-state index in [0.29, 0.717) is 11.3 Å². The van der Waals surface area contributed by atoms with E-state index in [1.165, 1.54) is 0 Å². The lowest BCUT2D eigenvalue weighted by Gasteiger charge is -2.23. The lowest BCUT2D eigenvalue weighted by Crippen LogP contribution is -2.28. The normalized spacial score (nSPS) is 14.2. The predicted octanol–water partition coefficient (Wildman–Crippen LogP) is 3.61. The minimum atomic E-state index is -0.919. The molecule has 0 bridgehead atoms. The van der Waals surface area contributed by atoms with Crippen molar-refractivity contribution in [2.45, 2.75) is 52.1 Å². The Balaban J connectivity index is 2.29. The third-order valence-corrected chi connectivity index (χ3v) is 3.40. The van der Waals surface area contributed by atoms with Gasteiger partial charge in [0.25, 0.3) is 0 Å². The number of rotatable bonds is 2. The summed E-state index contributed by atoms with van der Waals surface area (Å²) < 4.78 is 5.24. The van der Waals surface area contributed by atoms with Gasteiger partial charge in [0.2, 0.25) is 0 Å². The van der Waals surface area contributed by atoms with Crippen LogP contribution >= 0.6 is 0 Å². The number of carbonyl (C=O) groups excluding carboxylic acids is 1. The molecule has 1 aliphatic carbocycles. The van der Waals surface area contributed by atoms with E-state index in [9.17, 15) is 14.7 Å². The van der Waals surface area contributed by atoms with Crippen LogP contribution in [0.3, 0.4) is 0 Å². The molecule has 1 amide bonds. The summed E-state index contributed by atoms with van der Waals surface area (Å²) in [6, 6.07) is 3.21. The highest BCUT2D eigenvalue weighted by atomic mass is 16.6. The molecule has 0 radical (unpaired) electrons. The second kappa shape index (κ2) is 5.76. The first-order valence-corrected chi connectivity index (χ1v) is 7.16. The second-order valence-electron chi connectivity index (χ2n) is 6.26. The van der Waals surface area contributed by atoms with E-state index >= 15 is 0 Å². The predicted molar refractivity (Wildman–Crippen MR) is 79.9 cm³/mol. The molecule has 0 fully saturated rings. The van der Waals surface area contributed by atoms with Crippen LogP contribution in [-0.4, -0.2) is 22.8 Å². The van der Waals surface area contributed by atoms with Crippen LogP contribution in [0, 0.1) is 0 Å². The number of anilines is 1. The van der Waals surface area contributed by atoms with Crippen molar-refractivity contribution < 1.29 is 19.4 Å². The van der Waals surface area contributed by atoms with Crippen molar-refractivity contribution in [3.05, 3.63) is 28.8 Å². The molecule has 0 aliphatic heterocycles. The van der Waals surface area contributed by atoms with Crippen molar-refractivity contribution in [3.63, 3.8) is 0 Å². The fourth-order valence-electron chi connectivity index (χ4n) is 2.60. The smallest absolute Gasteiger partial charge is 0.412 e. The molecule has 1 aliphatic rings. The van der Waals surface area contributed by atoms with Crippen LogP contribution in [0.1, 0.15) is 55.1 Å². The Kier molecular flexibility index (Phi) is 4.21. The summed E-state index contributed by atoms with van der Waals surface area (Å²) in [4.78, 5) is 23.2. The first kappa shape index (κ1) is 15.4. The standard InChI is InChI=1S/C16H21NO4/c1-16(2,3)21-15(20)17-13-9-8-12(14(18)19)10-6-4-5-7-11(10)13/h8-9H,4-7H2,1-3H3,(H,17,20)(H,18,19). The zero-order chi connectivity index (χ0) is 15.6. The number of benzene rings is 1. The Morgan fingerprint density at radius 1 is 1.14 bits per heavy atom. The minimum Gasteiger partial charge on any atom is -0.478 e. The zero-order valence-corrected chi connectivity index (χ0v) is 12.7. The molecule has 0 unspecified atom stereocenters. The first-order valence-electron chi connectivity index (χ1n) is 7.16. The van der Waals surface area contributed by atoms with Gasteiger partial charge in [-0.05, 0) is 69.7 Å². The van der Waals surface area contributed by atoms with Crippen molar-refractivity contribution in [3.8, 4) is 0 Å². The highest BCUT2D eigenvalue weighted by molar-refractivity contribution is 5.93. The minimum absolute atomic E-state index is 0.333. The summed E-state index contributed by atoms with van der Waals surface area (Å²) in [5.41, 5.74) is 2.18. The van der Waals surface area contributed by atoms with Crippen LogP contribution in [0.25, 0.3) is 0 Å². The number of carboxylic acids is 1. The SMILES string of the molecule is CC(C)(C)OC(=O)Nc1ccc(C(=O)O)c2c1CCCC2. The van der Waals surface area contributed by atoms with E-state index < -0.39 is 17.7 Å². The molecular weight excluding hydrogens is 270 g/mol. The number of carbonyl (C=O) groups is 2. The van der Waals surface area contributed by atoms with Gasteiger partial charge in [-0.2, -0.15) is 0 Å². The Bertz CT molecular complexity index is 572. The van der Waals surface area contributed by atoms with Gasteiger partial charge in [-0.25, -0.2) is 9.59 Å². The van der Waals surface area contributed by atoms with Gasteiger partial charge in [-0.3, -0.25) is 5.32 Å². The number of amides is 1. The van der Waals surface area contributed by atoms with E-state index in [2.05, 4.69) is 5.32 Å². The van der Waals surface area contributed by atoms with Crippen molar-refractivity contribution in [2.75, 3.05) is 5.32 Å². The number of aromatic carboxylic acids is 1. The van der Waals surface area contributed by atoms with Gasteiger partial charge < -0.3 is 9.84 Å². The Hall–Kier alpha value is -2.04. The number of fused-ring (bicyclic) bond motifs is 1. The van der Waals surface area contributed by atoms with Gasteiger partial charge >= 0.3 is 12.1 Å². The van der Waals surface area contributed by atoms with Gasteiger partial charge in [-0.1, -0.05) is 0 Å². The van der Waals surface area contributed by atoms with Gasteiger partial charge in [0.15, 0.2) is 0 Å². The summed E-state index contributed by atoms with van der Waals surface area (Å²) in [6.45, 7) is 5.40. The Morgan fingerprint density at radius 2 is 1.76 bits per heavy atom. The Labute approximate surface area is 124 Å². The molecule has 0 atom stereocenters. The molecule has 0 heterocycles. The van der Waals surface area contributed by atoms with Crippen LogP contribution in [-0.2, 0) is 17.6 Å². The molecule has 5 heteroatoms. The molecule has 0 saturated carbocycles. The first-order chi connectivity index (χ1) is 9.78. The maximum Gasteiger partial charge on any atom is 0.412 e. The van der Waals surface area contributed by atoms with Crippen molar-refractivity contribution >= 4 is 17.7 Å². The number of nitrogens with one attached hydrogen (secondary N) is 1. The van der Waals surface area contributed by atoms with Crippen molar-refractivity contribution in [1.29, 1.82) is 0 Å². The molecular formula is C16H21NO4. The number of hydrogen-bond donors (Lipinski definition) is 2. The fourth-order valence-corrected chi connectivity index (χ4v) is 2.60. The molecule has 114 valence electrons. The molecule has 0 aromatic heterocycles.